The van der Waals surface area contributed by atoms with Crippen molar-refractivity contribution in [2.45, 2.75) is 25.7 Å². The van der Waals surface area contributed by atoms with Crippen LogP contribution in [0.25, 0.3) is 0 Å². The molecule has 114 valence electrons. The molecule has 1 heterocycles. The van der Waals surface area contributed by atoms with Crippen LogP contribution >= 0.6 is 0 Å². The van der Waals surface area contributed by atoms with E-state index in [1.54, 1.807) is 0 Å². The van der Waals surface area contributed by atoms with Crippen LogP contribution in [-0.4, -0.2) is 32.0 Å². The molecule has 1 aromatic rings. The van der Waals surface area contributed by atoms with Gasteiger partial charge in [0.05, 0.1) is 0 Å². The highest BCUT2D eigenvalue weighted by Gasteiger charge is 2.25. The molecule has 0 aliphatic carbocycles. The Bertz CT molecular complexity index is 502. The van der Waals surface area contributed by atoms with Crippen molar-refractivity contribution in [3.63, 3.8) is 0 Å². The second-order valence-corrected chi connectivity index (χ2v) is 5.39. The van der Waals surface area contributed by atoms with Gasteiger partial charge in [0.25, 0.3) is 0 Å². The highest BCUT2D eigenvalue weighted by atomic mass is 16.2. The average molecular weight is 289 g/mol. The van der Waals surface area contributed by atoms with Crippen molar-refractivity contribution in [2.75, 3.05) is 25.5 Å². The molecule has 3 N–H and O–H groups in total. The number of nitrogens with one attached hydrogen (secondary N) is 3. The van der Waals surface area contributed by atoms with E-state index in [-0.39, 0.29) is 17.7 Å². The predicted octanol–water partition coefficient (Wildman–Crippen LogP) is 1.30. The van der Waals surface area contributed by atoms with Crippen molar-refractivity contribution in [3.05, 3.63) is 29.8 Å². The maximum absolute atomic E-state index is 12.0. The van der Waals surface area contributed by atoms with E-state index in [1.807, 2.05) is 31.3 Å². The molecule has 0 bridgehead atoms. The topological polar surface area (TPSA) is 70.2 Å². The molecular formula is C16H23N3O2. The molecule has 1 aliphatic rings. The molecule has 0 saturated heterocycles. The lowest BCUT2D eigenvalue weighted by molar-refractivity contribution is -0.122. The van der Waals surface area contributed by atoms with Crippen LogP contribution in [0.15, 0.2) is 24.3 Å². The molecule has 5 heteroatoms. The number of para-hydroxylation sites is 1. The molecule has 1 aliphatic heterocycles. The standard InChI is InChI=1S/C16H23N3O2/c1-17-9-4-10-18-15(20)8-7-13-11-12-5-2-3-6-14(12)19-16(13)21/h2-3,5-6,13,17H,4,7-11H2,1H3,(H,18,20)(H,19,21). The van der Waals surface area contributed by atoms with E-state index in [2.05, 4.69) is 16.0 Å². The van der Waals surface area contributed by atoms with Crippen LogP contribution in [-0.2, 0) is 16.0 Å². The molecule has 0 aromatic heterocycles. The molecule has 1 aromatic carbocycles. The number of rotatable bonds is 7. The van der Waals surface area contributed by atoms with Gasteiger partial charge in [0, 0.05) is 24.6 Å². The van der Waals surface area contributed by atoms with Gasteiger partial charge in [0.2, 0.25) is 11.8 Å². The number of hydrogen-bond acceptors (Lipinski definition) is 3. The van der Waals surface area contributed by atoms with Crippen molar-refractivity contribution in [2.24, 2.45) is 5.92 Å². The van der Waals surface area contributed by atoms with Crippen molar-refractivity contribution in [3.8, 4) is 0 Å². The quantitative estimate of drug-likeness (QED) is 0.663. The third kappa shape index (κ3) is 4.56. The largest absolute Gasteiger partial charge is 0.356 e. The number of anilines is 1. The summed E-state index contributed by atoms with van der Waals surface area (Å²) in [5.74, 6) is -0.0580. The van der Waals surface area contributed by atoms with E-state index >= 15 is 0 Å². The van der Waals surface area contributed by atoms with E-state index < -0.39 is 0 Å². The SMILES string of the molecule is CNCCCNC(=O)CCC1Cc2ccccc2NC1=O. The normalized spacial score (nSPS) is 17.0. The zero-order chi connectivity index (χ0) is 15.1. The van der Waals surface area contributed by atoms with E-state index in [0.29, 0.717) is 19.4 Å². The first kappa shape index (κ1) is 15.5. The summed E-state index contributed by atoms with van der Waals surface area (Å²) in [6, 6.07) is 7.83. The number of fused-ring (bicyclic) bond motifs is 1. The summed E-state index contributed by atoms with van der Waals surface area (Å²) in [7, 11) is 1.89. The van der Waals surface area contributed by atoms with Gasteiger partial charge in [-0.1, -0.05) is 18.2 Å². The Kier molecular flexibility index (Phi) is 5.75. The third-order valence-corrected chi connectivity index (χ3v) is 3.76. The minimum Gasteiger partial charge on any atom is -0.356 e. The lowest BCUT2D eigenvalue weighted by Gasteiger charge is -2.24. The van der Waals surface area contributed by atoms with Gasteiger partial charge >= 0.3 is 0 Å². The summed E-state index contributed by atoms with van der Waals surface area (Å²) in [6.07, 6.45) is 2.63. The molecule has 1 atom stereocenters. The molecule has 0 saturated carbocycles. The van der Waals surface area contributed by atoms with Crippen molar-refractivity contribution in [1.29, 1.82) is 0 Å². The number of hydrogen-bond donors (Lipinski definition) is 3. The van der Waals surface area contributed by atoms with Gasteiger partial charge in [-0.05, 0) is 44.5 Å². The van der Waals surface area contributed by atoms with Crippen LogP contribution in [0, 0.1) is 5.92 Å². The molecule has 21 heavy (non-hydrogen) atoms. The molecule has 5 nitrogen and oxygen atoms in total. The van der Waals surface area contributed by atoms with Gasteiger partial charge in [0.15, 0.2) is 0 Å². The summed E-state index contributed by atoms with van der Waals surface area (Å²) in [5, 5.41) is 8.83. The van der Waals surface area contributed by atoms with Crippen molar-refractivity contribution < 1.29 is 9.59 Å². The molecule has 1 unspecified atom stereocenters. The van der Waals surface area contributed by atoms with Crippen LogP contribution in [0.3, 0.4) is 0 Å². The minimum absolute atomic E-state index is 0.0247. The van der Waals surface area contributed by atoms with Crippen LogP contribution in [0.2, 0.25) is 0 Å². The maximum atomic E-state index is 12.0. The fourth-order valence-electron chi connectivity index (χ4n) is 2.53. The van der Waals surface area contributed by atoms with Crippen molar-refractivity contribution >= 4 is 17.5 Å². The Hall–Kier alpha value is -1.88. The summed E-state index contributed by atoms with van der Waals surface area (Å²) < 4.78 is 0. The first-order valence-electron chi connectivity index (χ1n) is 7.50. The fourth-order valence-corrected chi connectivity index (χ4v) is 2.53. The average Bonchev–Trinajstić information content (AvgIpc) is 2.49. The lowest BCUT2D eigenvalue weighted by Crippen LogP contribution is -2.32. The van der Waals surface area contributed by atoms with E-state index in [1.165, 1.54) is 0 Å². The molecular weight excluding hydrogens is 266 g/mol. The van der Waals surface area contributed by atoms with Gasteiger partial charge in [-0.3, -0.25) is 9.59 Å². The van der Waals surface area contributed by atoms with E-state index in [4.69, 9.17) is 0 Å². The summed E-state index contributed by atoms with van der Waals surface area (Å²) in [6.45, 7) is 1.57. The number of benzene rings is 1. The van der Waals surface area contributed by atoms with Crippen LogP contribution in [0.5, 0.6) is 0 Å². The first-order valence-corrected chi connectivity index (χ1v) is 7.50. The maximum Gasteiger partial charge on any atom is 0.227 e. The van der Waals surface area contributed by atoms with E-state index in [0.717, 1.165) is 30.6 Å². The van der Waals surface area contributed by atoms with Gasteiger partial charge in [-0.25, -0.2) is 0 Å². The predicted molar refractivity (Wildman–Crippen MR) is 83.1 cm³/mol. The molecule has 2 amide bonds. The monoisotopic (exact) mass is 289 g/mol. The second-order valence-electron chi connectivity index (χ2n) is 5.39. The Morgan fingerprint density at radius 2 is 2.14 bits per heavy atom. The van der Waals surface area contributed by atoms with Gasteiger partial charge < -0.3 is 16.0 Å². The van der Waals surface area contributed by atoms with Crippen LogP contribution in [0.4, 0.5) is 5.69 Å². The van der Waals surface area contributed by atoms with Gasteiger partial charge in [-0.2, -0.15) is 0 Å². The lowest BCUT2D eigenvalue weighted by atomic mass is 9.89. The fraction of sp³-hybridized carbons (Fsp3) is 0.500. The smallest absolute Gasteiger partial charge is 0.227 e. The Morgan fingerprint density at radius 1 is 1.33 bits per heavy atom. The number of carbonyl (C=O) groups is 2. The number of amides is 2. The first-order chi connectivity index (χ1) is 10.2. The number of carbonyl (C=O) groups excluding carboxylic acids is 2. The highest BCUT2D eigenvalue weighted by Crippen LogP contribution is 2.27. The summed E-state index contributed by atoms with van der Waals surface area (Å²) in [5.41, 5.74) is 2.05. The zero-order valence-electron chi connectivity index (χ0n) is 12.4. The minimum atomic E-state index is -0.108. The van der Waals surface area contributed by atoms with E-state index in [9.17, 15) is 9.59 Å². The van der Waals surface area contributed by atoms with Crippen molar-refractivity contribution in [1.82, 2.24) is 10.6 Å². The summed E-state index contributed by atoms with van der Waals surface area (Å²) in [4.78, 5) is 23.8. The van der Waals surface area contributed by atoms with Crippen LogP contribution in [0.1, 0.15) is 24.8 Å². The zero-order valence-corrected chi connectivity index (χ0v) is 12.4. The molecule has 0 radical (unpaired) electrons. The van der Waals surface area contributed by atoms with Gasteiger partial charge in [-0.15, -0.1) is 0 Å². The molecule has 0 fully saturated rings. The van der Waals surface area contributed by atoms with Crippen LogP contribution < -0.4 is 16.0 Å². The summed E-state index contributed by atoms with van der Waals surface area (Å²) >= 11 is 0. The molecule has 0 spiro atoms. The Morgan fingerprint density at radius 3 is 2.95 bits per heavy atom. The molecule has 2 rings (SSSR count). The Balaban J connectivity index is 1.76. The highest BCUT2D eigenvalue weighted by molar-refractivity contribution is 5.96. The Labute approximate surface area is 125 Å². The van der Waals surface area contributed by atoms with Gasteiger partial charge in [0.1, 0.15) is 0 Å². The second kappa shape index (κ2) is 7.78. The third-order valence-electron chi connectivity index (χ3n) is 3.76.